The first-order valence-electron chi connectivity index (χ1n) is 11.5. The van der Waals surface area contributed by atoms with E-state index in [0.29, 0.717) is 11.6 Å². The quantitative estimate of drug-likeness (QED) is 0.622. The highest BCUT2D eigenvalue weighted by molar-refractivity contribution is 5.95. The van der Waals surface area contributed by atoms with Gasteiger partial charge in [0.2, 0.25) is 0 Å². The lowest BCUT2D eigenvalue weighted by molar-refractivity contribution is 0.0255. The molecule has 3 aromatic rings. The summed E-state index contributed by atoms with van der Waals surface area (Å²) in [5.74, 6) is 0. The van der Waals surface area contributed by atoms with Crippen LogP contribution in [0.5, 0.6) is 0 Å². The van der Waals surface area contributed by atoms with E-state index in [9.17, 15) is 5.26 Å². The van der Waals surface area contributed by atoms with Gasteiger partial charge in [-0.15, -0.1) is 0 Å². The monoisotopic (exact) mass is 426 g/mol. The molecule has 2 N–H and O–H groups in total. The van der Waals surface area contributed by atoms with Crippen molar-refractivity contribution in [1.29, 1.82) is 5.26 Å². The van der Waals surface area contributed by atoms with Gasteiger partial charge >= 0.3 is 0 Å². The molecule has 2 aliphatic heterocycles. The van der Waals surface area contributed by atoms with Gasteiger partial charge in [-0.3, -0.25) is 4.90 Å². The van der Waals surface area contributed by atoms with Gasteiger partial charge in [-0.2, -0.15) is 5.26 Å². The summed E-state index contributed by atoms with van der Waals surface area (Å²) < 4.78 is 6.13. The molecule has 32 heavy (non-hydrogen) atoms. The molecule has 0 spiro atoms. The summed E-state index contributed by atoms with van der Waals surface area (Å²) in [4.78, 5) is 5.08. The highest BCUT2D eigenvalue weighted by Gasteiger charge is 2.27. The maximum Gasteiger partial charge on any atom is 0.0991 e. The van der Waals surface area contributed by atoms with Crippen LogP contribution in [0.4, 0.5) is 11.4 Å². The van der Waals surface area contributed by atoms with E-state index in [1.165, 1.54) is 22.2 Å². The Morgan fingerprint density at radius 1 is 1.12 bits per heavy atom. The number of nitrogens with zero attached hydrogens (tertiary/aromatic N) is 3. The van der Waals surface area contributed by atoms with Crippen LogP contribution in [-0.2, 0) is 11.2 Å². The predicted octanol–water partition coefficient (Wildman–Crippen LogP) is 4.51. The van der Waals surface area contributed by atoms with Crippen LogP contribution in [0, 0.1) is 11.3 Å². The lowest BCUT2D eigenvalue weighted by Crippen LogP contribution is -2.52. The Morgan fingerprint density at radius 3 is 2.88 bits per heavy atom. The van der Waals surface area contributed by atoms with Gasteiger partial charge < -0.3 is 15.4 Å². The summed E-state index contributed by atoms with van der Waals surface area (Å²) >= 11 is 0. The second-order valence-corrected chi connectivity index (χ2v) is 9.01. The van der Waals surface area contributed by atoms with Crippen LogP contribution >= 0.6 is 0 Å². The molecule has 0 unspecified atom stereocenters. The molecule has 2 heterocycles. The standard InChI is InChI=1S/C27H30N4O/c1-19-18-31(26-4-2-3-21-15-20(17-28)5-7-24(21)26)13-12-30(19)11-9-27-25-8-6-23(29)16-22(25)10-14-32-27/h2-8,15-16,19,27H,9-14,18,29H2,1H3/t19-,27+/m1/s1. The highest BCUT2D eigenvalue weighted by Crippen LogP contribution is 2.32. The van der Waals surface area contributed by atoms with E-state index in [0.717, 1.165) is 56.7 Å². The van der Waals surface area contributed by atoms with E-state index in [4.69, 9.17) is 10.5 Å². The molecular formula is C27H30N4O. The minimum atomic E-state index is 0.164. The van der Waals surface area contributed by atoms with Crippen LogP contribution in [0.1, 0.15) is 36.1 Å². The number of ether oxygens (including phenoxy) is 1. The molecule has 3 aromatic carbocycles. The van der Waals surface area contributed by atoms with E-state index in [-0.39, 0.29) is 6.10 Å². The molecule has 0 bridgehead atoms. The molecule has 0 aliphatic carbocycles. The number of nitrogen functional groups attached to an aromatic ring is 1. The van der Waals surface area contributed by atoms with E-state index in [1.54, 1.807) is 0 Å². The van der Waals surface area contributed by atoms with Gasteiger partial charge in [-0.05, 0) is 66.6 Å². The van der Waals surface area contributed by atoms with Crippen LogP contribution in [0.15, 0.2) is 54.6 Å². The predicted molar refractivity (Wildman–Crippen MR) is 130 cm³/mol. The second kappa shape index (κ2) is 8.82. The number of fused-ring (bicyclic) bond motifs is 2. The first-order valence-corrected chi connectivity index (χ1v) is 11.5. The Hall–Kier alpha value is -3.07. The van der Waals surface area contributed by atoms with Crippen molar-refractivity contribution in [3.8, 4) is 6.07 Å². The van der Waals surface area contributed by atoms with E-state index in [2.05, 4.69) is 59.2 Å². The first kappa shape index (κ1) is 20.8. The number of rotatable bonds is 4. The second-order valence-electron chi connectivity index (χ2n) is 9.01. The fraction of sp³-hybridized carbons (Fsp3) is 0.370. The Balaban J connectivity index is 1.25. The minimum Gasteiger partial charge on any atom is -0.399 e. The van der Waals surface area contributed by atoms with Crippen LogP contribution in [0.25, 0.3) is 10.8 Å². The molecule has 1 fully saturated rings. The third kappa shape index (κ3) is 4.04. The summed E-state index contributed by atoms with van der Waals surface area (Å²) in [6.45, 7) is 7.17. The summed E-state index contributed by atoms with van der Waals surface area (Å²) in [5.41, 5.74) is 11.4. The van der Waals surface area contributed by atoms with Gasteiger partial charge in [0.25, 0.3) is 0 Å². The van der Waals surface area contributed by atoms with Crippen molar-refractivity contribution < 1.29 is 4.74 Å². The maximum atomic E-state index is 9.21. The molecule has 1 saturated heterocycles. The van der Waals surface area contributed by atoms with Crippen molar-refractivity contribution in [3.05, 3.63) is 71.3 Å². The summed E-state index contributed by atoms with van der Waals surface area (Å²) in [6.07, 6.45) is 2.12. The summed E-state index contributed by atoms with van der Waals surface area (Å²) in [5, 5.41) is 11.6. The van der Waals surface area contributed by atoms with Crippen LogP contribution in [0.3, 0.4) is 0 Å². The summed E-state index contributed by atoms with van der Waals surface area (Å²) in [6, 6.07) is 21.3. The molecule has 164 valence electrons. The molecule has 5 rings (SSSR count). The lowest BCUT2D eigenvalue weighted by Gasteiger charge is -2.42. The SMILES string of the molecule is C[C@@H]1CN(c2cccc3cc(C#N)ccc23)CCN1CC[C@@H]1OCCc2cc(N)ccc21. The number of anilines is 2. The molecular weight excluding hydrogens is 396 g/mol. The maximum absolute atomic E-state index is 9.21. The Kier molecular flexibility index (Phi) is 5.73. The summed E-state index contributed by atoms with van der Waals surface area (Å²) in [7, 11) is 0. The highest BCUT2D eigenvalue weighted by atomic mass is 16.5. The van der Waals surface area contributed by atoms with E-state index < -0.39 is 0 Å². The van der Waals surface area contributed by atoms with Crippen molar-refractivity contribution in [1.82, 2.24) is 4.90 Å². The zero-order chi connectivity index (χ0) is 22.1. The Bertz CT molecular complexity index is 1170. The molecule has 5 nitrogen and oxygen atoms in total. The topological polar surface area (TPSA) is 65.5 Å². The average molecular weight is 427 g/mol. The molecule has 0 radical (unpaired) electrons. The van der Waals surface area contributed by atoms with Gasteiger partial charge in [-0.1, -0.05) is 24.3 Å². The van der Waals surface area contributed by atoms with Gasteiger partial charge in [0.15, 0.2) is 0 Å². The number of nitrogens with two attached hydrogens (primary N) is 1. The van der Waals surface area contributed by atoms with Crippen molar-refractivity contribution in [3.63, 3.8) is 0 Å². The number of hydrogen-bond donors (Lipinski definition) is 1. The number of hydrogen-bond acceptors (Lipinski definition) is 5. The molecule has 0 aromatic heterocycles. The van der Waals surface area contributed by atoms with Gasteiger partial charge in [0.1, 0.15) is 0 Å². The molecule has 2 atom stereocenters. The van der Waals surface area contributed by atoms with Crippen molar-refractivity contribution in [2.75, 3.05) is 43.4 Å². The molecule has 2 aliphatic rings. The third-order valence-electron chi connectivity index (χ3n) is 6.98. The zero-order valence-corrected chi connectivity index (χ0v) is 18.6. The van der Waals surface area contributed by atoms with Crippen LogP contribution in [0.2, 0.25) is 0 Å². The minimum absolute atomic E-state index is 0.164. The fourth-order valence-corrected chi connectivity index (χ4v) is 5.24. The van der Waals surface area contributed by atoms with Crippen molar-refractivity contribution in [2.45, 2.75) is 31.9 Å². The normalized spacial score (nSPS) is 21.3. The van der Waals surface area contributed by atoms with E-state index in [1.807, 2.05) is 18.2 Å². The molecule has 0 saturated carbocycles. The zero-order valence-electron chi connectivity index (χ0n) is 18.6. The van der Waals surface area contributed by atoms with Crippen molar-refractivity contribution >= 4 is 22.1 Å². The Morgan fingerprint density at radius 2 is 2.03 bits per heavy atom. The average Bonchev–Trinajstić information content (AvgIpc) is 2.82. The van der Waals surface area contributed by atoms with Gasteiger partial charge in [0.05, 0.1) is 24.3 Å². The fourth-order valence-electron chi connectivity index (χ4n) is 5.24. The van der Waals surface area contributed by atoms with Crippen molar-refractivity contribution in [2.24, 2.45) is 0 Å². The third-order valence-corrected chi connectivity index (χ3v) is 6.98. The molecule has 0 amide bonds. The largest absolute Gasteiger partial charge is 0.399 e. The van der Waals surface area contributed by atoms with Crippen LogP contribution < -0.4 is 10.6 Å². The Labute approximate surface area is 190 Å². The van der Waals surface area contributed by atoms with Gasteiger partial charge in [0, 0.05) is 49.0 Å². The first-order chi connectivity index (χ1) is 15.6. The van der Waals surface area contributed by atoms with Crippen LogP contribution in [-0.4, -0.2) is 43.7 Å². The number of piperazine rings is 1. The molecule has 5 heteroatoms. The number of benzene rings is 3. The van der Waals surface area contributed by atoms with Gasteiger partial charge in [-0.25, -0.2) is 0 Å². The lowest BCUT2D eigenvalue weighted by atomic mass is 9.95. The number of nitriles is 1. The smallest absolute Gasteiger partial charge is 0.0991 e. The van der Waals surface area contributed by atoms with E-state index >= 15 is 0 Å².